The van der Waals surface area contributed by atoms with Gasteiger partial charge in [0.2, 0.25) is 5.75 Å². The minimum absolute atomic E-state index is 0.132. The summed E-state index contributed by atoms with van der Waals surface area (Å²) in [7, 11) is 4.54. The second kappa shape index (κ2) is 6.31. The minimum Gasteiger partial charge on any atom is -0.508 e. The summed E-state index contributed by atoms with van der Waals surface area (Å²) in [4.78, 5) is 12.1. The highest BCUT2D eigenvalue weighted by Gasteiger charge is 2.35. The summed E-state index contributed by atoms with van der Waals surface area (Å²) in [6, 6.07) is 8.41. The molecular formula is C18H18O6. The highest BCUT2D eigenvalue weighted by Crippen LogP contribution is 2.52. The predicted molar refractivity (Wildman–Crippen MR) is 86.3 cm³/mol. The molecule has 0 amide bonds. The number of phenolic OH excluding ortho intramolecular Hbond substituents is 1. The molecule has 126 valence electrons. The van der Waals surface area contributed by atoms with Crippen molar-refractivity contribution in [2.24, 2.45) is 0 Å². The standard InChI is InChI=1S/C18H18O6/c1-21-14-9-13-16(18(23-3)17(14)22-2)12(8-15(20)24-13)10-5-4-6-11(19)7-10/h4-7,9,12,19H,8H2,1-3H3/t12-/m0/s1. The summed E-state index contributed by atoms with van der Waals surface area (Å²) in [6.45, 7) is 0. The van der Waals surface area contributed by atoms with Crippen molar-refractivity contribution in [3.05, 3.63) is 41.5 Å². The van der Waals surface area contributed by atoms with E-state index in [0.29, 0.717) is 28.6 Å². The van der Waals surface area contributed by atoms with Gasteiger partial charge in [0, 0.05) is 17.5 Å². The van der Waals surface area contributed by atoms with Gasteiger partial charge in [0.15, 0.2) is 11.5 Å². The molecule has 0 unspecified atom stereocenters. The van der Waals surface area contributed by atoms with Crippen molar-refractivity contribution in [2.75, 3.05) is 21.3 Å². The van der Waals surface area contributed by atoms with Crippen LogP contribution in [0.3, 0.4) is 0 Å². The van der Waals surface area contributed by atoms with Crippen LogP contribution in [0.25, 0.3) is 0 Å². The first-order valence-electron chi connectivity index (χ1n) is 7.41. The molecule has 0 radical (unpaired) electrons. The molecule has 2 aromatic rings. The van der Waals surface area contributed by atoms with Crippen LogP contribution in [0.5, 0.6) is 28.7 Å². The molecule has 2 aromatic carbocycles. The Labute approximate surface area is 139 Å². The Kier molecular flexibility index (Phi) is 4.20. The van der Waals surface area contributed by atoms with Crippen LogP contribution in [0.4, 0.5) is 0 Å². The number of carbonyl (C=O) groups is 1. The minimum atomic E-state index is -0.356. The lowest BCUT2D eigenvalue weighted by Gasteiger charge is -2.28. The fourth-order valence-corrected chi connectivity index (χ4v) is 3.03. The highest BCUT2D eigenvalue weighted by atomic mass is 16.5. The Bertz CT molecular complexity index is 783. The molecular weight excluding hydrogens is 312 g/mol. The van der Waals surface area contributed by atoms with Crippen LogP contribution in [0.1, 0.15) is 23.5 Å². The average molecular weight is 330 g/mol. The third kappa shape index (κ3) is 2.60. The van der Waals surface area contributed by atoms with Crippen LogP contribution < -0.4 is 18.9 Å². The number of hydrogen-bond donors (Lipinski definition) is 1. The first-order chi connectivity index (χ1) is 11.6. The second-order valence-electron chi connectivity index (χ2n) is 5.38. The van der Waals surface area contributed by atoms with Crippen molar-refractivity contribution in [3.8, 4) is 28.7 Å². The van der Waals surface area contributed by atoms with E-state index in [2.05, 4.69) is 0 Å². The molecule has 1 heterocycles. The lowest BCUT2D eigenvalue weighted by atomic mass is 9.85. The molecule has 0 spiro atoms. The fraction of sp³-hybridized carbons (Fsp3) is 0.278. The van der Waals surface area contributed by atoms with Crippen LogP contribution in [0.2, 0.25) is 0 Å². The summed E-state index contributed by atoms with van der Waals surface area (Å²) < 4.78 is 21.6. The van der Waals surface area contributed by atoms with Crippen LogP contribution >= 0.6 is 0 Å². The van der Waals surface area contributed by atoms with Gasteiger partial charge in [0.05, 0.1) is 27.8 Å². The van der Waals surface area contributed by atoms with Gasteiger partial charge in [-0.1, -0.05) is 12.1 Å². The molecule has 0 saturated heterocycles. The second-order valence-corrected chi connectivity index (χ2v) is 5.38. The summed E-state index contributed by atoms with van der Waals surface area (Å²) in [5.41, 5.74) is 1.48. The monoisotopic (exact) mass is 330 g/mol. The first-order valence-corrected chi connectivity index (χ1v) is 7.41. The summed E-state index contributed by atoms with van der Waals surface area (Å²) >= 11 is 0. The molecule has 1 N–H and O–H groups in total. The number of hydrogen-bond acceptors (Lipinski definition) is 6. The number of rotatable bonds is 4. The van der Waals surface area contributed by atoms with Gasteiger partial charge in [0.25, 0.3) is 0 Å². The van der Waals surface area contributed by atoms with Crippen molar-refractivity contribution in [3.63, 3.8) is 0 Å². The number of benzene rings is 2. The van der Waals surface area contributed by atoms with Gasteiger partial charge in [-0.2, -0.15) is 0 Å². The van der Waals surface area contributed by atoms with E-state index in [4.69, 9.17) is 18.9 Å². The molecule has 0 fully saturated rings. The van der Waals surface area contributed by atoms with E-state index >= 15 is 0 Å². The Morgan fingerprint density at radius 2 is 1.83 bits per heavy atom. The average Bonchev–Trinajstić information content (AvgIpc) is 2.59. The summed E-state index contributed by atoms with van der Waals surface area (Å²) in [5.74, 6) is 1.13. The van der Waals surface area contributed by atoms with Crippen molar-refractivity contribution in [1.82, 2.24) is 0 Å². The molecule has 1 atom stereocenters. The van der Waals surface area contributed by atoms with E-state index in [9.17, 15) is 9.90 Å². The molecule has 0 aliphatic carbocycles. The zero-order chi connectivity index (χ0) is 17.3. The maximum absolute atomic E-state index is 12.1. The normalized spacial score (nSPS) is 16.1. The number of methoxy groups -OCH3 is 3. The molecule has 1 aliphatic heterocycles. The topological polar surface area (TPSA) is 74.2 Å². The number of ether oxygens (including phenoxy) is 4. The molecule has 0 aromatic heterocycles. The van der Waals surface area contributed by atoms with E-state index in [1.807, 2.05) is 6.07 Å². The van der Waals surface area contributed by atoms with Gasteiger partial charge in [-0.25, -0.2) is 0 Å². The van der Waals surface area contributed by atoms with Crippen LogP contribution in [-0.4, -0.2) is 32.4 Å². The zero-order valence-electron chi connectivity index (χ0n) is 13.7. The SMILES string of the molecule is COc1cc2c(c(OC)c1OC)[C@H](c1cccc(O)c1)CC(=O)O2. The van der Waals surface area contributed by atoms with Crippen LogP contribution in [-0.2, 0) is 4.79 Å². The third-order valence-corrected chi connectivity index (χ3v) is 4.05. The first kappa shape index (κ1) is 16.0. The lowest BCUT2D eigenvalue weighted by Crippen LogP contribution is -2.22. The maximum atomic E-state index is 12.1. The van der Waals surface area contributed by atoms with Gasteiger partial charge in [0.1, 0.15) is 11.5 Å². The predicted octanol–water partition coefficient (Wildman–Crippen LogP) is 2.86. The quantitative estimate of drug-likeness (QED) is 0.686. The van der Waals surface area contributed by atoms with Crippen LogP contribution in [0.15, 0.2) is 30.3 Å². The van der Waals surface area contributed by atoms with Gasteiger partial charge in [-0.05, 0) is 17.7 Å². The van der Waals surface area contributed by atoms with E-state index in [-0.39, 0.29) is 24.1 Å². The third-order valence-electron chi connectivity index (χ3n) is 4.05. The maximum Gasteiger partial charge on any atom is 0.312 e. The molecule has 1 aliphatic rings. The molecule has 6 nitrogen and oxygen atoms in total. The Balaban J connectivity index is 2.25. The van der Waals surface area contributed by atoms with Gasteiger partial charge < -0.3 is 24.1 Å². The molecule has 3 rings (SSSR count). The number of esters is 1. The largest absolute Gasteiger partial charge is 0.508 e. The Morgan fingerprint density at radius 3 is 2.46 bits per heavy atom. The molecule has 6 heteroatoms. The fourth-order valence-electron chi connectivity index (χ4n) is 3.03. The van der Waals surface area contributed by atoms with Gasteiger partial charge in [-0.15, -0.1) is 0 Å². The number of carbonyl (C=O) groups excluding carboxylic acids is 1. The Morgan fingerprint density at radius 1 is 1.08 bits per heavy atom. The summed E-state index contributed by atoms with van der Waals surface area (Å²) in [6.07, 6.45) is 0.141. The molecule has 0 saturated carbocycles. The smallest absolute Gasteiger partial charge is 0.312 e. The zero-order valence-corrected chi connectivity index (χ0v) is 13.7. The lowest BCUT2D eigenvalue weighted by molar-refractivity contribution is -0.135. The van der Waals surface area contributed by atoms with Crippen molar-refractivity contribution in [2.45, 2.75) is 12.3 Å². The van der Waals surface area contributed by atoms with E-state index in [0.717, 1.165) is 5.56 Å². The van der Waals surface area contributed by atoms with E-state index in [1.54, 1.807) is 24.3 Å². The van der Waals surface area contributed by atoms with Crippen molar-refractivity contribution < 1.29 is 28.8 Å². The Hall–Kier alpha value is -2.89. The van der Waals surface area contributed by atoms with Crippen molar-refractivity contribution in [1.29, 1.82) is 0 Å². The van der Waals surface area contributed by atoms with Crippen LogP contribution in [0, 0.1) is 0 Å². The van der Waals surface area contributed by atoms with Crippen molar-refractivity contribution >= 4 is 5.97 Å². The number of phenols is 1. The van der Waals surface area contributed by atoms with E-state index < -0.39 is 0 Å². The molecule has 24 heavy (non-hydrogen) atoms. The number of fused-ring (bicyclic) bond motifs is 1. The van der Waals surface area contributed by atoms with E-state index in [1.165, 1.54) is 21.3 Å². The number of aromatic hydroxyl groups is 1. The summed E-state index contributed by atoms with van der Waals surface area (Å²) in [5, 5.41) is 9.77. The molecule has 0 bridgehead atoms. The van der Waals surface area contributed by atoms with Gasteiger partial charge >= 0.3 is 5.97 Å². The van der Waals surface area contributed by atoms with Gasteiger partial charge in [-0.3, -0.25) is 4.79 Å². The highest BCUT2D eigenvalue weighted by molar-refractivity contribution is 5.80.